The van der Waals surface area contributed by atoms with Gasteiger partial charge >= 0.3 is 0 Å². The Morgan fingerprint density at radius 3 is 2.79 bits per heavy atom. The molecule has 0 atom stereocenters. The summed E-state index contributed by atoms with van der Waals surface area (Å²) in [5.74, 6) is 0.685. The molecule has 1 aromatic carbocycles. The smallest absolute Gasteiger partial charge is 0.216 e. The van der Waals surface area contributed by atoms with Crippen molar-refractivity contribution in [3.8, 4) is 11.6 Å². The maximum Gasteiger partial charge on any atom is 0.216 e. The minimum atomic E-state index is -0.218. The lowest BCUT2D eigenvalue weighted by Crippen LogP contribution is -2.08. The summed E-state index contributed by atoms with van der Waals surface area (Å²) in [6.45, 7) is 2.37. The van der Waals surface area contributed by atoms with Crippen molar-refractivity contribution in [1.82, 2.24) is 9.97 Å². The molecule has 0 unspecified atom stereocenters. The maximum absolute atomic E-state index is 12.4. The van der Waals surface area contributed by atoms with Gasteiger partial charge in [-0.1, -0.05) is 12.1 Å². The highest BCUT2D eigenvalue weighted by atomic mass is 16.5. The molecule has 5 nitrogen and oxygen atoms in total. The monoisotopic (exact) mass is 258 g/mol. The zero-order valence-corrected chi connectivity index (χ0v) is 10.8. The van der Waals surface area contributed by atoms with Crippen molar-refractivity contribution in [3.05, 3.63) is 47.9 Å². The van der Waals surface area contributed by atoms with Crippen LogP contribution in [-0.2, 0) is 0 Å². The molecule has 1 aromatic heterocycles. The quantitative estimate of drug-likeness (QED) is 0.769. The first-order valence-corrected chi connectivity index (χ1v) is 5.88. The molecule has 2 aromatic rings. The minimum Gasteiger partial charge on any atom is -0.493 e. The van der Waals surface area contributed by atoms with Crippen LogP contribution in [0, 0.1) is 0 Å². The fraction of sp³-hybridized carbons (Fsp3) is 0.214. The number of ether oxygens (including phenoxy) is 2. The van der Waals surface area contributed by atoms with Gasteiger partial charge in [-0.2, -0.15) is 0 Å². The van der Waals surface area contributed by atoms with Crippen LogP contribution in [0.15, 0.2) is 36.7 Å². The third-order valence-electron chi connectivity index (χ3n) is 2.52. The topological polar surface area (TPSA) is 61.3 Å². The molecule has 0 spiro atoms. The second-order valence-corrected chi connectivity index (χ2v) is 3.70. The molecular weight excluding hydrogens is 244 g/mol. The summed E-state index contributed by atoms with van der Waals surface area (Å²) in [6, 6.07) is 8.58. The van der Waals surface area contributed by atoms with Gasteiger partial charge in [0.1, 0.15) is 17.8 Å². The SMILES string of the molecule is CCOc1ccccc1C(=O)c1cc(OC)ncn1. The van der Waals surface area contributed by atoms with Gasteiger partial charge in [0.15, 0.2) is 0 Å². The van der Waals surface area contributed by atoms with Gasteiger partial charge in [-0.15, -0.1) is 0 Å². The first kappa shape index (κ1) is 13.0. The Kier molecular flexibility index (Phi) is 4.07. The first-order valence-electron chi connectivity index (χ1n) is 5.88. The predicted octanol–water partition coefficient (Wildman–Crippen LogP) is 2.11. The molecule has 0 aliphatic rings. The fourth-order valence-corrected chi connectivity index (χ4v) is 1.65. The number of methoxy groups -OCH3 is 1. The maximum atomic E-state index is 12.4. The van der Waals surface area contributed by atoms with Gasteiger partial charge in [-0.25, -0.2) is 9.97 Å². The van der Waals surface area contributed by atoms with Gasteiger partial charge in [0, 0.05) is 6.07 Å². The van der Waals surface area contributed by atoms with Gasteiger partial charge in [-0.05, 0) is 19.1 Å². The van der Waals surface area contributed by atoms with Crippen molar-refractivity contribution in [3.63, 3.8) is 0 Å². The summed E-state index contributed by atoms with van der Waals surface area (Å²) in [4.78, 5) is 20.2. The standard InChI is InChI=1S/C14H14N2O3/c1-3-19-12-7-5-4-6-10(12)14(17)11-8-13(18-2)16-9-15-11/h4-9H,3H2,1-2H3. The molecule has 19 heavy (non-hydrogen) atoms. The van der Waals surface area contributed by atoms with E-state index in [1.807, 2.05) is 13.0 Å². The van der Waals surface area contributed by atoms with Crippen molar-refractivity contribution in [2.75, 3.05) is 13.7 Å². The van der Waals surface area contributed by atoms with E-state index in [1.54, 1.807) is 18.2 Å². The van der Waals surface area contributed by atoms with E-state index >= 15 is 0 Å². The molecule has 0 aliphatic carbocycles. The fourth-order valence-electron chi connectivity index (χ4n) is 1.65. The van der Waals surface area contributed by atoms with Gasteiger partial charge in [0.05, 0.1) is 19.3 Å². The van der Waals surface area contributed by atoms with E-state index < -0.39 is 0 Å². The van der Waals surface area contributed by atoms with Crippen molar-refractivity contribution < 1.29 is 14.3 Å². The lowest BCUT2D eigenvalue weighted by molar-refractivity contribution is 0.103. The van der Waals surface area contributed by atoms with Crippen LogP contribution < -0.4 is 9.47 Å². The van der Waals surface area contributed by atoms with Crippen LogP contribution in [0.25, 0.3) is 0 Å². The molecule has 0 amide bonds. The van der Waals surface area contributed by atoms with Gasteiger partial charge in [0.2, 0.25) is 11.7 Å². The summed E-state index contributed by atoms with van der Waals surface area (Å²) in [5.41, 5.74) is 0.754. The average Bonchev–Trinajstić information content (AvgIpc) is 2.47. The summed E-state index contributed by atoms with van der Waals surface area (Å²) < 4.78 is 10.4. The summed E-state index contributed by atoms with van der Waals surface area (Å²) >= 11 is 0. The van der Waals surface area contributed by atoms with Gasteiger partial charge in [0.25, 0.3) is 0 Å². The number of ketones is 1. The summed E-state index contributed by atoms with van der Waals surface area (Å²) in [6.07, 6.45) is 1.30. The van der Waals surface area contributed by atoms with Crippen LogP contribution in [0.4, 0.5) is 0 Å². The molecule has 98 valence electrons. The Morgan fingerprint density at radius 1 is 1.26 bits per heavy atom. The third-order valence-corrected chi connectivity index (χ3v) is 2.52. The number of rotatable bonds is 5. The van der Waals surface area contributed by atoms with Crippen LogP contribution in [0.3, 0.4) is 0 Å². The van der Waals surface area contributed by atoms with E-state index in [0.29, 0.717) is 23.8 Å². The summed E-state index contributed by atoms with van der Waals surface area (Å²) in [7, 11) is 1.49. The van der Waals surface area contributed by atoms with Crippen molar-refractivity contribution in [2.24, 2.45) is 0 Å². The van der Waals surface area contributed by atoms with E-state index in [4.69, 9.17) is 9.47 Å². The van der Waals surface area contributed by atoms with Crippen LogP contribution in [-0.4, -0.2) is 29.5 Å². The number of nitrogens with zero attached hydrogens (tertiary/aromatic N) is 2. The Hall–Kier alpha value is -2.43. The Balaban J connectivity index is 2.38. The lowest BCUT2D eigenvalue weighted by atomic mass is 10.1. The number of hydrogen-bond acceptors (Lipinski definition) is 5. The molecule has 0 fully saturated rings. The van der Waals surface area contributed by atoms with Crippen molar-refractivity contribution >= 4 is 5.78 Å². The molecule has 0 bridgehead atoms. The molecule has 5 heteroatoms. The number of carbonyl (C=O) groups excluding carboxylic acids is 1. The second-order valence-electron chi connectivity index (χ2n) is 3.70. The molecule has 2 rings (SSSR count). The number of para-hydroxylation sites is 1. The molecular formula is C14H14N2O3. The summed E-state index contributed by atoms with van der Waals surface area (Å²) in [5, 5.41) is 0. The Morgan fingerprint density at radius 2 is 2.05 bits per heavy atom. The van der Waals surface area contributed by atoms with Crippen molar-refractivity contribution in [1.29, 1.82) is 0 Å². The number of hydrogen-bond donors (Lipinski definition) is 0. The van der Waals surface area contributed by atoms with Crippen LogP contribution in [0.1, 0.15) is 23.0 Å². The lowest BCUT2D eigenvalue weighted by Gasteiger charge is -2.08. The minimum absolute atomic E-state index is 0.218. The van der Waals surface area contributed by atoms with Crippen LogP contribution >= 0.6 is 0 Å². The Labute approximate surface area is 111 Å². The Bertz CT molecular complexity index is 584. The number of carbonyl (C=O) groups is 1. The van der Waals surface area contributed by atoms with E-state index in [9.17, 15) is 4.79 Å². The molecule has 0 N–H and O–H groups in total. The van der Waals surface area contributed by atoms with Gasteiger partial charge in [-0.3, -0.25) is 4.79 Å². The number of aromatic nitrogens is 2. The highest BCUT2D eigenvalue weighted by Crippen LogP contribution is 2.21. The van der Waals surface area contributed by atoms with E-state index in [1.165, 1.54) is 19.5 Å². The van der Waals surface area contributed by atoms with Crippen LogP contribution in [0.5, 0.6) is 11.6 Å². The molecule has 1 heterocycles. The van der Waals surface area contributed by atoms with E-state index in [2.05, 4.69) is 9.97 Å². The van der Waals surface area contributed by atoms with E-state index in [-0.39, 0.29) is 11.5 Å². The second kappa shape index (κ2) is 5.95. The number of benzene rings is 1. The molecule has 0 radical (unpaired) electrons. The van der Waals surface area contributed by atoms with Crippen molar-refractivity contribution in [2.45, 2.75) is 6.92 Å². The highest BCUT2D eigenvalue weighted by Gasteiger charge is 2.16. The highest BCUT2D eigenvalue weighted by molar-refractivity contribution is 6.09. The first-order chi connectivity index (χ1) is 9.26. The average molecular weight is 258 g/mol. The van der Waals surface area contributed by atoms with Crippen LogP contribution in [0.2, 0.25) is 0 Å². The molecule has 0 saturated carbocycles. The zero-order chi connectivity index (χ0) is 13.7. The predicted molar refractivity (Wildman–Crippen MR) is 69.6 cm³/mol. The molecule has 0 saturated heterocycles. The van der Waals surface area contributed by atoms with Gasteiger partial charge < -0.3 is 9.47 Å². The largest absolute Gasteiger partial charge is 0.493 e. The third kappa shape index (κ3) is 2.88. The normalized spacial score (nSPS) is 10.0. The zero-order valence-electron chi connectivity index (χ0n) is 10.8. The molecule has 0 aliphatic heterocycles. The van der Waals surface area contributed by atoms with E-state index in [0.717, 1.165) is 0 Å².